The van der Waals surface area contributed by atoms with Gasteiger partial charge in [-0.15, -0.1) is 6.58 Å². The zero-order valence-electron chi connectivity index (χ0n) is 11.2. The van der Waals surface area contributed by atoms with Crippen LogP contribution in [0, 0.1) is 6.92 Å². The second-order valence-corrected chi connectivity index (χ2v) is 4.59. The van der Waals surface area contributed by atoms with Crippen molar-refractivity contribution < 1.29 is 4.74 Å². The smallest absolute Gasteiger partial charge is 0.221 e. The Kier molecular flexibility index (Phi) is 4.18. The zero-order valence-corrected chi connectivity index (χ0v) is 11.2. The minimum atomic E-state index is 0.532. The molecule has 0 spiro atoms. The molecule has 2 rings (SSSR count). The maximum atomic E-state index is 5.72. The molecule has 0 aliphatic heterocycles. The quantitative estimate of drug-likeness (QED) is 0.594. The van der Waals surface area contributed by atoms with Gasteiger partial charge >= 0.3 is 0 Å². The first kappa shape index (κ1) is 12.9. The van der Waals surface area contributed by atoms with Crippen LogP contribution in [0.3, 0.4) is 0 Å². The number of nitrogens with zero attached hydrogens (tertiary/aromatic N) is 2. The maximum Gasteiger partial charge on any atom is 0.221 e. The lowest BCUT2D eigenvalue weighted by molar-refractivity contribution is 0.308. The van der Waals surface area contributed by atoms with E-state index in [0.29, 0.717) is 18.4 Å². The highest BCUT2D eigenvalue weighted by molar-refractivity contribution is 5.49. The van der Waals surface area contributed by atoms with Crippen LogP contribution < -0.4 is 10.1 Å². The Balaban J connectivity index is 2.21. The lowest BCUT2D eigenvalue weighted by Gasteiger charge is -2.13. The predicted octanol–water partition coefficient (Wildman–Crippen LogP) is 3.05. The normalized spacial score (nSPS) is 14.3. The summed E-state index contributed by atoms with van der Waals surface area (Å²) in [5.74, 6) is 3.07. The number of anilines is 1. The van der Waals surface area contributed by atoms with E-state index in [2.05, 4.69) is 28.8 Å². The third kappa shape index (κ3) is 3.00. The van der Waals surface area contributed by atoms with Gasteiger partial charge < -0.3 is 10.1 Å². The van der Waals surface area contributed by atoms with Crippen LogP contribution in [-0.4, -0.2) is 23.1 Å². The first-order valence-corrected chi connectivity index (χ1v) is 6.62. The van der Waals surface area contributed by atoms with Crippen LogP contribution in [0.1, 0.15) is 43.5 Å². The third-order valence-electron chi connectivity index (χ3n) is 2.97. The predicted molar refractivity (Wildman–Crippen MR) is 73.2 cm³/mol. The molecule has 1 aliphatic carbocycles. The average molecular weight is 247 g/mol. The molecule has 1 aromatic rings. The lowest BCUT2D eigenvalue weighted by Crippen LogP contribution is -2.09. The summed E-state index contributed by atoms with van der Waals surface area (Å²) in [7, 11) is 0. The van der Waals surface area contributed by atoms with E-state index in [0.717, 1.165) is 30.2 Å². The monoisotopic (exact) mass is 247 g/mol. The number of rotatable bonds is 7. The summed E-state index contributed by atoms with van der Waals surface area (Å²) in [6.45, 7) is 9.23. The summed E-state index contributed by atoms with van der Waals surface area (Å²) in [5.41, 5.74) is 0.991. The van der Waals surface area contributed by atoms with Gasteiger partial charge in [-0.05, 0) is 33.1 Å². The molecule has 4 nitrogen and oxygen atoms in total. The fourth-order valence-electron chi connectivity index (χ4n) is 1.76. The number of aromatic nitrogens is 2. The third-order valence-corrected chi connectivity index (χ3v) is 2.97. The van der Waals surface area contributed by atoms with Crippen molar-refractivity contribution in [3.8, 4) is 5.88 Å². The van der Waals surface area contributed by atoms with Crippen LogP contribution in [0.15, 0.2) is 12.7 Å². The molecule has 1 fully saturated rings. The molecule has 1 N–H and O–H groups in total. The van der Waals surface area contributed by atoms with Crippen LogP contribution >= 0.6 is 0 Å². The van der Waals surface area contributed by atoms with Gasteiger partial charge in [0.15, 0.2) is 0 Å². The van der Waals surface area contributed by atoms with Crippen LogP contribution in [0.4, 0.5) is 5.82 Å². The molecule has 0 radical (unpaired) electrons. The molecule has 0 saturated heterocycles. The molecule has 0 amide bonds. The van der Waals surface area contributed by atoms with Gasteiger partial charge in [0.05, 0.1) is 12.2 Å². The van der Waals surface area contributed by atoms with Crippen LogP contribution in [-0.2, 0) is 0 Å². The van der Waals surface area contributed by atoms with Crippen molar-refractivity contribution in [2.45, 2.75) is 39.0 Å². The van der Waals surface area contributed by atoms with Crippen LogP contribution in [0.25, 0.3) is 0 Å². The van der Waals surface area contributed by atoms with E-state index in [1.807, 2.05) is 13.0 Å². The van der Waals surface area contributed by atoms with E-state index in [-0.39, 0.29) is 0 Å². The van der Waals surface area contributed by atoms with Gasteiger partial charge in [0, 0.05) is 12.5 Å². The largest absolute Gasteiger partial charge is 0.477 e. The Morgan fingerprint density at radius 1 is 1.44 bits per heavy atom. The molecule has 0 aromatic carbocycles. The van der Waals surface area contributed by atoms with E-state index in [9.17, 15) is 0 Å². The number of hydrogen-bond donors (Lipinski definition) is 1. The molecular weight excluding hydrogens is 226 g/mol. The van der Waals surface area contributed by atoms with Crippen molar-refractivity contribution in [1.82, 2.24) is 9.97 Å². The summed E-state index contributed by atoms with van der Waals surface area (Å²) in [4.78, 5) is 9.13. The summed E-state index contributed by atoms with van der Waals surface area (Å²) in [6, 6.07) is 0. The van der Waals surface area contributed by atoms with Crippen molar-refractivity contribution in [3.05, 3.63) is 24.0 Å². The van der Waals surface area contributed by atoms with Gasteiger partial charge in [-0.1, -0.05) is 6.08 Å². The van der Waals surface area contributed by atoms with Crippen molar-refractivity contribution in [3.63, 3.8) is 0 Å². The standard InChI is InChI=1S/C14H21N3O/c1-4-6-9-18-14-10(3)12(15-5-2)16-13(17-14)11-7-8-11/h4,11H,1,5-9H2,2-3H3,(H,15,16,17). The SMILES string of the molecule is C=CCCOc1nc(C2CC2)nc(NCC)c1C. The van der Waals surface area contributed by atoms with Crippen molar-refractivity contribution in [1.29, 1.82) is 0 Å². The molecule has 98 valence electrons. The Morgan fingerprint density at radius 3 is 2.83 bits per heavy atom. The molecule has 1 heterocycles. The minimum absolute atomic E-state index is 0.532. The van der Waals surface area contributed by atoms with Crippen molar-refractivity contribution in [2.24, 2.45) is 0 Å². The summed E-state index contributed by atoms with van der Waals surface area (Å²) < 4.78 is 5.72. The van der Waals surface area contributed by atoms with Gasteiger partial charge in [0.1, 0.15) is 11.6 Å². The Labute approximate surface area is 108 Å². The van der Waals surface area contributed by atoms with E-state index >= 15 is 0 Å². The topological polar surface area (TPSA) is 47.0 Å². The van der Waals surface area contributed by atoms with Crippen molar-refractivity contribution in [2.75, 3.05) is 18.5 Å². The first-order valence-electron chi connectivity index (χ1n) is 6.62. The Morgan fingerprint density at radius 2 is 2.22 bits per heavy atom. The molecule has 0 unspecified atom stereocenters. The Bertz CT molecular complexity index is 427. The summed E-state index contributed by atoms with van der Waals surface area (Å²) >= 11 is 0. The molecule has 1 aromatic heterocycles. The van der Waals surface area contributed by atoms with E-state index in [4.69, 9.17) is 4.74 Å². The van der Waals surface area contributed by atoms with Gasteiger partial charge in [0.2, 0.25) is 5.88 Å². The van der Waals surface area contributed by atoms with Gasteiger partial charge in [-0.2, -0.15) is 4.98 Å². The first-order chi connectivity index (χ1) is 8.76. The fraction of sp³-hybridized carbons (Fsp3) is 0.571. The van der Waals surface area contributed by atoms with E-state index < -0.39 is 0 Å². The molecule has 18 heavy (non-hydrogen) atoms. The van der Waals surface area contributed by atoms with Crippen molar-refractivity contribution >= 4 is 5.82 Å². The summed E-state index contributed by atoms with van der Waals surface area (Å²) in [6.07, 6.45) is 5.07. The molecular formula is C14H21N3O. The highest BCUT2D eigenvalue weighted by Crippen LogP contribution is 2.39. The maximum absolute atomic E-state index is 5.72. The molecule has 0 bridgehead atoms. The van der Waals surface area contributed by atoms with E-state index in [1.165, 1.54) is 12.8 Å². The molecule has 1 aliphatic rings. The Hall–Kier alpha value is -1.58. The average Bonchev–Trinajstić information content (AvgIpc) is 3.18. The number of hydrogen-bond acceptors (Lipinski definition) is 4. The highest BCUT2D eigenvalue weighted by Gasteiger charge is 2.28. The van der Waals surface area contributed by atoms with Gasteiger partial charge in [-0.3, -0.25) is 0 Å². The van der Waals surface area contributed by atoms with Crippen LogP contribution in [0.2, 0.25) is 0 Å². The van der Waals surface area contributed by atoms with Crippen LogP contribution in [0.5, 0.6) is 5.88 Å². The molecule has 1 saturated carbocycles. The minimum Gasteiger partial charge on any atom is -0.477 e. The van der Waals surface area contributed by atoms with E-state index in [1.54, 1.807) is 0 Å². The second-order valence-electron chi connectivity index (χ2n) is 4.59. The molecule has 4 heteroatoms. The highest BCUT2D eigenvalue weighted by atomic mass is 16.5. The molecule has 0 atom stereocenters. The van der Waals surface area contributed by atoms with Gasteiger partial charge in [0.25, 0.3) is 0 Å². The number of ether oxygens (including phenoxy) is 1. The zero-order chi connectivity index (χ0) is 13.0. The number of nitrogens with one attached hydrogen (secondary N) is 1. The summed E-state index contributed by atoms with van der Waals surface area (Å²) in [5, 5.41) is 3.28. The lowest BCUT2D eigenvalue weighted by atomic mass is 10.3. The fourth-order valence-corrected chi connectivity index (χ4v) is 1.76. The van der Waals surface area contributed by atoms with Gasteiger partial charge in [-0.25, -0.2) is 4.98 Å². The second kappa shape index (κ2) is 5.85.